The highest BCUT2D eigenvalue weighted by molar-refractivity contribution is 7.91. The highest BCUT2D eigenvalue weighted by Crippen LogP contribution is 2.08. The Morgan fingerprint density at radius 2 is 0.895 bits per heavy atom. The predicted molar refractivity (Wildman–Crippen MR) is 67.8 cm³/mol. The number of aliphatic carboxylic acids is 3. The van der Waals surface area contributed by atoms with Gasteiger partial charge in [0.05, 0.1) is 11.5 Å². The molecule has 0 spiro atoms. The van der Waals surface area contributed by atoms with Crippen LogP contribution in [0.25, 0.3) is 0 Å². The van der Waals surface area contributed by atoms with Gasteiger partial charge in [0.15, 0.2) is 0 Å². The maximum absolute atomic E-state index is 10.4. The molecular formula is C10H20O8S. The van der Waals surface area contributed by atoms with Crippen LogP contribution in [-0.2, 0) is 24.2 Å². The van der Waals surface area contributed by atoms with Crippen LogP contribution < -0.4 is 0 Å². The minimum atomic E-state index is -2.55. The Hall–Kier alpha value is -1.64. The van der Waals surface area contributed by atoms with Gasteiger partial charge in [0.1, 0.15) is 9.84 Å². The van der Waals surface area contributed by atoms with E-state index in [1.807, 2.05) is 0 Å². The zero-order chi connectivity index (χ0) is 16.1. The molecule has 1 aliphatic heterocycles. The van der Waals surface area contributed by atoms with Gasteiger partial charge in [-0.1, -0.05) is 0 Å². The van der Waals surface area contributed by atoms with E-state index in [0.29, 0.717) is 11.5 Å². The van der Waals surface area contributed by atoms with Crippen LogP contribution in [0.4, 0.5) is 0 Å². The van der Waals surface area contributed by atoms with Gasteiger partial charge in [0, 0.05) is 20.8 Å². The lowest BCUT2D eigenvalue weighted by Gasteiger charge is -1.81. The third-order valence-corrected chi connectivity index (χ3v) is 2.98. The fourth-order valence-corrected chi connectivity index (χ4v) is 2.24. The first-order valence-electron chi connectivity index (χ1n) is 5.19. The molecule has 1 saturated heterocycles. The summed E-state index contributed by atoms with van der Waals surface area (Å²) in [6.45, 7) is 3.25. The van der Waals surface area contributed by atoms with E-state index in [4.69, 9.17) is 29.7 Å². The van der Waals surface area contributed by atoms with Crippen molar-refractivity contribution in [3.8, 4) is 0 Å². The lowest BCUT2D eigenvalue weighted by atomic mass is 10.4. The van der Waals surface area contributed by atoms with Crippen LogP contribution in [0.3, 0.4) is 0 Å². The van der Waals surface area contributed by atoms with Crippen molar-refractivity contribution in [2.45, 2.75) is 33.6 Å². The topological polar surface area (TPSA) is 146 Å². The van der Waals surface area contributed by atoms with Gasteiger partial charge in [-0.25, -0.2) is 8.42 Å². The van der Waals surface area contributed by atoms with E-state index in [1.54, 1.807) is 0 Å². The second-order valence-electron chi connectivity index (χ2n) is 3.42. The zero-order valence-corrected chi connectivity index (χ0v) is 11.9. The van der Waals surface area contributed by atoms with Gasteiger partial charge in [0.25, 0.3) is 17.9 Å². The van der Waals surface area contributed by atoms with Crippen molar-refractivity contribution in [2.24, 2.45) is 0 Å². The minimum Gasteiger partial charge on any atom is -0.481 e. The van der Waals surface area contributed by atoms with Gasteiger partial charge in [0.2, 0.25) is 0 Å². The van der Waals surface area contributed by atoms with Crippen molar-refractivity contribution < 1.29 is 38.1 Å². The smallest absolute Gasteiger partial charge is 0.300 e. The standard InChI is InChI=1S/C4H8O2S.3C2H4O2/c5-7(6)3-1-2-4-7;3*1-2(3)4/h1-4H2;3*1H3,(H,3,4). The molecule has 1 aliphatic rings. The van der Waals surface area contributed by atoms with E-state index in [-0.39, 0.29) is 0 Å². The van der Waals surface area contributed by atoms with Crippen LogP contribution in [0.2, 0.25) is 0 Å². The molecule has 1 heterocycles. The van der Waals surface area contributed by atoms with Crippen LogP contribution in [0, 0.1) is 0 Å². The average molecular weight is 300 g/mol. The SMILES string of the molecule is CC(=O)O.CC(=O)O.CC(=O)O.O=S1(=O)CCCC1. The molecular weight excluding hydrogens is 280 g/mol. The summed E-state index contributed by atoms with van der Waals surface area (Å²) in [4.78, 5) is 27.0. The third-order valence-electron chi connectivity index (χ3n) is 1.16. The molecule has 0 aliphatic carbocycles. The van der Waals surface area contributed by atoms with Gasteiger partial charge >= 0.3 is 0 Å². The molecule has 114 valence electrons. The number of hydrogen-bond acceptors (Lipinski definition) is 5. The van der Waals surface area contributed by atoms with Crippen molar-refractivity contribution in [3.63, 3.8) is 0 Å². The fourth-order valence-electron chi connectivity index (χ4n) is 0.746. The van der Waals surface area contributed by atoms with Gasteiger partial charge in [-0.05, 0) is 12.8 Å². The molecule has 0 radical (unpaired) electrons. The summed E-state index contributed by atoms with van der Waals surface area (Å²) in [6.07, 6.45) is 1.75. The summed E-state index contributed by atoms with van der Waals surface area (Å²) in [5, 5.41) is 22.2. The van der Waals surface area contributed by atoms with Crippen molar-refractivity contribution >= 4 is 27.7 Å². The summed E-state index contributed by atoms with van der Waals surface area (Å²) in [5.41, 5.74) is 0. The summed E-state index contributed by atoms with van der Waals surface area (Å²) < 4.78 is 20.9. The fraction of sp³-hybridized carbons (Fsp3) is 0.700. The first-order valence-corrected chi connectivity index (χ1v) is 7.02. The highest BCUT2D eigenvalue weighted by Gasteiger charge is 2.16. The van der Waals surface area contributed by atoms with Crippen molar-refractivity contribution in [3.05, 3.63) is 0 Å². The molecule has 0 saturated carbocycles. The zero-order valence-electron chi connectivity index (χ0n) is 11.1. The summed E-state index contributed by atoms with van der Waals surface area (Å²) >= 11 is 0. The van der Waals surface area contributed by atoms with E-state index >= 15 is 0 Å². The van der Waals surface area contributed by atoms with E-state index in [9.17, 15) is 8.42 Å². The molecule has 8 nitrogen and oxygen atoms in total. The van der Waals surface area contributed by atoms with Crippen LogP contribution >= 0.6 is 0 Å². The van der Waals surface area contributed by atoms with E-state index in [1.165, 1.54) is 0 Å². The number of carboxylic acids is 3. The Balaban J connectivity index is -0.000000189. The highest BCUT2D eigenvalue weighted by atomic mass is 32.2. The van der Waals surface area contributed by atoms with Crippen LogP contribution in [0.5, 0.6) is 0 Å². The number of sulfone groups is 1. The maximum Gasteiger partial charge on any atom is 0.300 e. The Morgan fingerprint density at radius 1 is 0.737 bits per heavy atom. The van der Waals surface area contributed by atoms with Crippen LogP contribution in [0.15, 0.2) is 0 Å². The Labute approximate surface area is 112 Å². The normalized spacial score (nSPS) is 14.3. The van der Waals surface area contributed by atoms with E-state index in [2.05, 4.69) is 0 Å². The minimum absolute atomic E-state index is 0.424. The van der Waals surface area contributed by atoms with Crippen LogP contribution in [0.1, 0.15) is 33.6 Å². The monoisotopic (exact) mass is 300 g/mol. The van der Waals surface area contributed by atoms with Crippen molar-refractivity contribution in [1.82, 2.24) is 0 Å². The largest absolute Gasteiger partial charge is 0.481 e. The number of rotatable bonds is 0. The Bertz CT molecular complexity index is 318. The molecule has 19 heavy (non-hydrogen) atoms. The Kier molecular flexibility index (Phi) is 15.2. The lowest BCUT2D eigenvalue weighted by molar-refractivity contribution is -0.135. The van der Waals surface area contributed by atoms with Gasteiger partial charge in [-0.3, -0.25) is 14.4 Å². The summed E-state index contributed by atoms with van der Waals surface area (Å²) in [6, 6.07) is 0. The van der Waals surface area contributed by atoms with E-state index < -0.39 is 27.7 Å². The van der Waals surface area contributed by atoms with Gasteiger partial charge in [-0.15, -0.1) is 0 Å². The molecule has 0 aromatic carbocycles. The second kappa shape index (κ2) is 12.8. The Morgan fingerprint density at radius 3 is 0.947 bits per heavy atom. The average Bonchev–Trinajstić information content (AvgIpc) is 2.46. The molecule has 9 heteroatoms. The van der Waals surface area contributed by atoms with E-state index in [0.717, 1.165) is 33.6 Å². The molecule has 0 bridgehead atoms. The van der Waals surface area contributed by atoms with Gasteiger partial charge < -0.3 is 15.3 Å². The molecule has 1 rings (SSSR count). The van der Waals surface area contributed by atoms with Crippen molar-refractivity contribution in [2.75, 3.05) is 11.5 Å². The summed E-state index contributed by atoms with van der Waals surface area (Å²) in [7, 11) is -2.55. The number of carboxylic acid groups (broad SMARTS) is 3. The molecule has 0 aromatic heterocycles. The lowest BCUT2D eigenvalue weighted by Crippen LogP contribution is -1.98. The molecule has 0 amide bonds. The molecule has 1 fully saturated rings. The molecule has 0 aromatic rings. The quantitative estimate of drug-likeness (QED) is 0.585. The van der Waals surface area contributed by atoms with Crippen LogP contribution in [-0.4, -0.2) is 53.2 Å². The first kappa shape index (κ1) is 22.5. The summed E-state index contributed by atoms with van der Waals surface area (Å²) in [5.74, 6) is -1.65. The third kappa shape index (κ3) is 62.3. The first-order chi connectivity index (χ1) is 8.40. The second-order valence-corrected chi connectivity index (χ2v) is 5.72. The number of carbonyl (C=O) groups is 3. The maximum atomic E-state index is 10.4. The number of hydrogen-bond donors (Lipinski definition) is 3. The van der Waals surface area contributed by atoms with Gasteiger partial charge in [-0.2, -0.15) is 0 Å². The molecule has 3 N–H and O–H groups in total. The predicted octanol–water partition coefficient (Wildman–Crippen LogP) is 0.468. The molecule has 0 unspecified atom stereocenters. The molecule has 0 atom stereocenters. The van der Waals surface area contributed by atoms with Crippen molar-refractivity contribution in [1.29, 1.82) is 0 Å².